The zero-order chi connectivity index (χ0) is 15.9. The number of ether oxygens (including phenoxy) is 1. The quantitative estimate of drug-likeness (QED) is 0.750. The normalized spacial score (nSPS) is 12.5. The lowest BCUT2D eigenvalue weighted by Crippen LogP contribution is -2.14. The number of rotatable bonds is 6. The van der Waals surface area contributed by atoms with Crippen molar-refractivity contribution in [3.63, 3.8) is 0 Å². The number of allylic oxidation sites excluding steroid dienone is 1. The van der Waals surface area contributed by atoms with Crippen LogP contribution in [0.15, 0.2) is 42.7 Å². The maximum atomic E-state index is 8.59. The third kappa shape index (κ3) is 4.23. The van der Waals surface area contributed by atoms with Crippen molar-refractivity contribution >= 4 is 6.08 Å². The van der Waals surface area contributed by atoms with Crippen LogP contribution in [0.5, 0.6) is 5.75 Å². The monoisotopic (exact) mass is 295 g/mol. The van der Waals surface area contributed by atoms with E-state index in [-0.39, 0.29) is 6.10 Å². The molecule has 1 aromatic heterocycles. The lowest BCUT2D eigenvalue weighted by Gasteiger charge is -2.17. The van der Waals surface area contributed by atoms with E-state index in [9.17, 15) is 0 Å². The van der Waals surface area contributed by atoms with Gasteiger partial charge >= 0.3 is 0 Å². The molecule has 1 heterocycles. The van der Waals surface area contributed by atoms with E-state index in [1.165, 1.54) is 6.08 Å². The number of benzene rings is 1. The average molecular weight is 295 g/mol. The predicted octanol–water partition coefficient (Wildman–Crippen LogP) is 4.22. The van der Waals surface area contributed by atoms with Crippen LogP contribution in [0, 0.1) is 17.2 Å². The van der Waals surface area contributed by atoms with Gasteiger partial charge in [-0.05, 0) is 36.6 Å². The van der Waals surface area contributed by atoms with Crippen molar-refractivity contribution in [3.05, 3.63) is 54.1 Å². The van der Waals surface area contributed by atoms with Gasteiger partial charge in [-0.2, -0.15) is 5.26 Å². The summed E-state index contributed by atoms with van der Waals surface area (Å²) >= 11 is 0. The van der Waals surface area contributed by atoms with E-state index in [0.717, 1.165) is 23.7 Å². The Hall–Kier alpha value is -2.54. The van der Waals surface area contributed by atoms with Gasteiger partial charge in [-0.25, -0.2) is 4.98 Å². The Morgan fingerprint density at radius 3 is 2.91 bits per heavy atom. The summed E-state index contributed by atoms with van der Waals surface area (Å²) in [4.78, 5) is 4.42. The summed E-state index contributed by atoms with van der Waals surface area (Å²) in [5, 5.41) is 8.59. The first-order valence-corrected chi connectivity index (χ1v) is 7.44. The first-order valence-electron chi connectivity index (χ1n) is 7.44. The van der Waals surface area contributed by atoms with Crippen LogP contribution in [0.25, 0.3) is 6.08 Å². The topological polar surface area (TPSA) is 50.8 Å². The van der Waals surface area contributed by atoms with Gasteiger partial charge in [0.15, 0.2) is 6.10 Å². The van der Waals surface area contributed by atoms with E-state index in [0.29, 0.717) is 5.92 Å². The summed E-state index contributed by atoms with van der Waals surface area (Å²) in [6, 6.07) is 9.67. The minimum atomic E-state index is -0.135. The summed E-state index contributed by atoms with van der Waals surface area (Å²) in [5.74, 6) is 2.25. The molecule has 4 nitrogen and oxygen atoms in total. The molecule has 2 aromatic rings. The smallest absolute Gasteiger partial charge is 0.153 e. The highest BCUT2D eigenvalue weighted by Crippen LogP contribution is 2.22. The predicted molar refractivity (Wildman–Crippen MR) is 87.2 cm³/mol. The van der Waals surface area contributed by atoms with Crippen molar-refractivity contribution in [1.82, 2.24) is 9.55 Å². The van der Waals surface area contributed by atoms with Crippen LogP contribution < -0.4 is 4.74 Å². The van der Waals surface area contributed by atoms with E-state index < -0.39 is 0 Å². The Balaban J connectivity index is 2.12. The summed E-state index contributed by atoms with van der Waals surface area (Å²) in [5.41, 5.74) is 0.941. The average Bonchev–Trinajstić information content (AvgIpc) is 2.93. The Morgan fingerprint density at radius 2 is 2.18 bits per heavy atom. The molecule has 1 aromatic carbocycles. The molecular formula is C18H21N3O. The van der Waals surface area contributed by atoms with Crippen LogP contribution in [-0.4, -0.2) is 9.55 Å². The van der Waals surface area contributed by atoms with Gasteiger partial charge in [0.25, 0.3) is 0 Å². The molecule has 0 aliphatic carbocycles. The summed E-state index contributed by atoms with van der Waals surface area (Å²) < 4.78 is 8.14. The molecule has 4 heteroatoms. The number of imidazole rings is 1. The number of aromatic nitrogens is 2. The molecule has 0 fully saturated rings. The highest BCUT2D eigenvalue weighted by atomic mass is 16.5. The standard InChI is InChI=1S/C18H21N3O/c1-14(2)13-21-11-10-20-18(21)15(3)22-17-8-4-6-16(12-17)7-5-9-19/h4-8,10-12,14-15H,13H2,1-3H3/b7-5+. The van der Waals surface area contributed by atoms with Crippen LogP contribution >= 0.6 is 0 Å². The maximum absolute atomic E-state index is 8.59. The molecule has 0 spiro atoms. The molecule has 0 amide bonds. The van der Waals surface area contributed by atoms with Crippen molar-refractivity contribution in [2.75, 3.05) is 0 Å². The zero-order valence-corrected chi connectivity index (χ0v) is 13.2. The molecule has 22 heavy (non-hydrogen) atoms. The molecule has 1 atom stereocenters. The van der Waals surface area contributed by atoms with Gasteiger partial charge in [-0.1, -0.05) is 26.0 Å². The van der Waals surface area contributed by atoms with Gasteiger partial charge in [0.05, 0.1) is 6.07 Å². The highest BCUT2D eigenvalue weighted by molar-refractivity contribution is 5.53. The second-order valence-electron chi connectivity index (χ2n) is 5.63. The summed E-state index contributed by atoms with van der Waals surface area (Å²) in [7, 11) is 0. The molecule has 0 radical (unpaired) electrons. The fraction of sp³-hybridized carbons (Fsp3) is 0.333. The molecule has 1 unspecified atom stereocenters. The molecule has 2 rings (SSSR count). The van der Waals surface area contributed by atoms with Crippen molar-refractivity contribution < 1.29 is 4.74 Å². The van der Waals surface area contributed by atoms with Gasteiger partial charge in [0.1, 0.15) is 11.6 Å². The lowest BCUT2D eigenvalue weighted by molar-refractivity contribution is 0.209. The summed E-state index contributed by atoms with van der Waals surface area (Å²) in [6.07, 6.45) is 6.88. The van der Waals surface area contributed by atoms with Crippen LogP contribution in [0.3, 0.4) is 0 Å². The van der Waals surface area contributed by atoms with Gasteiger partial charge in [0.2, 0.25) is 0 Å². The lowest BCUT2D eigenvalue weighted by atomic mass is 10.2. The second kappa shape index (κ2) is 7.46. The number of hydrogen-bond acceptors (Lipinski definition) is 3. The van der Waals surface area contributed by atoms with Gasteiger partial charge < -0.3 is 9.30 Å². The Morgan fingerprint density at radius 1 is 1.36 bits per heavy atom. The molecule has 0 aliphatic heterocycles. The van der Waals surface area contributed by atoms with Crippen LogP contribution in [-0.2, 0) is 6.54 Å². The fourth-order valence-corrected chi connectivity index (χ4v) is 2.31. The Bertz CT molecular complexity index is 680. The molecular weight excluding hydrogens is 274 g/mol. The molecule has 0 bridgehead atoms. The van der Waals surface area contributed by atoms with Gasteiger partial charge in [-0.3, -0.25) is 0 Å². The van der Waals surface area contributed by atoms with Gasteiger partial charge in [0, 0.05) is 25.0 Å². The van der Waals surface area contributed by atoms with Crippen molar-refractivity contribution in [2.45, 2.75) is 33.4 Å². The van der Waals surface area contributed by atoms with E-state index in [1.807, 2.05) is 49.7 Å². The Labute approximate surface area is 131 Å². The van der Waals surface area contributed by atoms with Crippen LogP contribution in [0.2, 0.25) is 0 Å². The molecule has 0 saturated heterocycles. The Kier molecular flexibility index (Phi) is 5.37. The summed E-state index contributed by atoms with van der Waals surface area (Å²) in [6.45, 7) is 7.28. The third-order valence-corrected chi connectivity index (χ3v) is 3.19. The van der Waals surface area contributed by atoms with E-state index >= 15 is 0 Å². The minimum absolute atomic E-state index is 0.135. The molecule has 0 N–H and O–H groups in total. The fourth-order valence-electron chi connectivity index (χ4n) is 2.31. The highest BCUT2D eigenvalue weighted by Gasteiger charge is 2.14. The van der Waals surface area contributed by atoms with Crippen LogP contribution in [0.1, 0.15) is 38.3 Å². The van der Waals surface area contributed by atoms with E-state index in [1.54, 1.807) is 6.08 Å². The number of nitriles is 1. The maximum Gasteiger partial charge on any atom is 0.153 e. The van der Waals surface area contributed by atoms with Crippen molar-refractivity contribution in [3.8, 4) is 11.8 Å². The largest absolute Gasteiger partial charge is 0.483 e. The third-order valence-electron chi connectivity index (χ3n) is 3.19. The SMILES string of the molecule is CC(C)Cn1ccnc1C(C)Oc1cccc(/C=C/C#N)c1. The first-order chi connectivity index (χ1) is 10.6. The van der Waals surface area contributed by atoms with Crippen LogP contribution in [0.4, 0.5) is 0 Å². The molecule has 114 valence electrons. The molecule has 0 saturated carbocycles. The van der Waals surface area contributed by atoms with E-state index in [2.05, 4.69) is 23.4 Å². The van der Waals surface area contributed by atoms with Crippen molar-refractivity contribution in [2.24, 2.45) is 5.92 Å². The van der Waals surface area contributed by atoms with E-state index in [4.69, 9.17) is 10.00 Å². The van der Waals surface area contributed by atoms with Gasteiger partial charge in [-0.15, -0.1) is 0 Å². The minimum Gasteiger partial charge on any atom is -0.483 e. The number of nitrogens with zero attached hydrogens (tertiary/aromatic N) is 3. The van der Waals surface area contributed by atoms with Crippen molar-refractivity contribution in [1.29, 1.82) is 5.26 Å². The zero-order valence-electron chi connectivity index (χ0n) is 13.2. The molecule has 0 aliphatic rings. The first kappa shape index (κ1) is 15.8. The second-order valence-corrected chi connectivity index (χ2v) is 5.63. The number of hydrogen-bond donors (Lipinski definition) is 0.